The van der Waals surface area contributed by atoms with E-state index in [2.05, 4.69) is 19.7 Å². The molecule has 11 heteroatoms. The van der Waals surface area contributed by atoms with Crippen molar-refractivity contribution in [2.75, 3.05) is 0 Å². The quantitative estimate of drug-likeness (QED) is 0.269. The predicted molar refractivity (Wildman–Crippen MR) is 140 cm³/mol. The van der Waals surface area contributed by atoms with E-state index in [-0.39, 0.29) is 23.1 Å². The van der Waals surface area contributed by atoms with Crippen LogP contribution in [-0.4, -0.2) is 24.3 Å². The lowest BCUT2D eigenvalue weighted by Gasteiger charge is -2.12. The number of pyridine rings is 2. The number of sulfonamides is 1. The fourth-order valence-corrected chi connectivity index (χ4v) is 4.44. The summed E-state index contributed by atoms with van der Waals surface area (Å²) in [4.78, 5) is 12.4. The molecular formula is C25H18Cl2N6O2S. The maximum atomic E-state index is 12.5. The first-order valence-electron chi connectivity index (χ1n) is 10.4. The molecule has 0 atom stereocenters. The highest BCUT2D eigenvalue weighted by Crippen LogP contribution is 2.32. The summed E-state index contributed by atoms with van der Waals surface area (Å²) >= 11 is 12.1. The Bertz CT molecular complexity index is 1570. The molecule has 0 bridgehead atoms. The number of nitrogens with two attached hydrogens (primary N) is 1. The molecule has 2 aromatic heterocycles. The van der Waals surface area contributed by atoms with Crippen LogP contribution in [0.25, 0.3) is 22.4 Å². The highest BCUT2D eigenvalue weighted by Gasteiger charge is 2.16. The molecule has 0 aliphatic heterocycles. The predicted octanol–water partition coefficient (Wildman–Crippen LogP) is 4.78. The van der Waals surface area contributed by atoms with Gasteiger partial charge in [-0.15, -0.1) is 0 Å². The van der Waals surface area contributed by atoms with Crippen LogP contribution in [0.2, 0.25) is 10.0 Å². The molecule has 0 fully saturated rings. The number of nitrogens with one attached hydrogen (secondary N) is 1. The van der Waals surface area contributed by atoms with E-state index in [9.17, 15) is 8.42 Å². The van der Waals surface area contributed by atoms with Crippen LogP contribution in [-0.2, 0) is 16.6 Å². The second-order valence-electron chi connectivity index (χ2n) is 7.55. The number of nitrogens with zero attached hydrogens (tertiary/aromatic N) is 4. The maximum Gasteiger partial charge on any atom is 0.265 e. The van der Waals surface area contributed by atoms with Gasteiger partial charge in [0, 0.05) is 33.6 Å². The van der Waals surface area contributed by atoms with Crippen LogP contribution in [0, 0.1) is 11.3 Å². The minimum absolute atomic E-state index is 0.0778. The number of hydrogen-bond acceptors (Lipinski definition) is 6. The van der Waals surface area contributed by atoms with Crippen LogP contribution in [0.4, 0.5) is 0 Å². The molecule has 2 heterocycles. The number of aromatic nitrogens is 2. The molecule has 0 amide bonds. The van der Waals surface area contributed by atoms with E-state index in [1.807, 2.05) is 36.4 Å². The van der Waals surface area contributed by atoms with Gasteiger partial charge in [0.25, 0.3) is 10.0 Å². The molecule has 0 saturated carbocycles. The highest BCUT2D eigenvalue weighted by molar-refractivity contribution is 7.90. The van der Waals surface area contributed by atoms with Crippen molar-refractivity contribution in [1.29, 1.82) is 5.26 Å². The van der Waals surface area contributed by atoms with E-state index < -0.39 is 10.0 Å². The average molecular weight is 537 g/mol. The Morgan fingerprint density at radius 1 is 0.944 bits per heavy atom. The molecule has 0 unspecified atom stereocenters. The summed E-state index contributed by atoms with van der Waals surface area (Å²) in [6, 6.07) is 21.0. The number of aliphatic imine (C=N–C) groups is 1. The van der Waals surface area contributed by atoms with Gasteiger partial charge in [0.1, 0.15) is 16.7 Å². The lowest BCUT2D eigenvalue weighted by Crippen LogP contribution is -2.36. The van der Waals surface area contributed by atoms with Crippen molar-refractivity contribution in [1.82, 2.24) is 14.7 Å². The molecule has 36 heavy (non-hydrogen) atoms. The van der Waals surface area contributed by atoms with Crippen LogP contribution >= 0.6 is 23.2 Å². The van der Waals surface area contributed by atoms with Gasteiger partial charge in [-0.2, -0.15) is 5.26 Å². The van der Waals surface area contributed by atoms with E-state index in [1.54, 1.807) is 30.5 Å². The van der Waals surface area contributed by atoms with Crippen molar-refractivity contribution in [2.24, 2.45) is 10.7 Å². The molecule has 4 rings (SSSR count). The van der Waals surface area contributed by atoms with Gasteiger partial charge in [-0.25, -0.2) is 23.1 Å². The SMILES string of the molecule is N#Cc1ccc(S(=O)(=O)NC(N)=NCc2cnc(-c3ccc(Cl)cc3)c(-c3ccc(Cl)cc3)c2)cn1. The van der Waals surface area contributed by atoms with Gasteiger partial charge in [-0.3, -0.25) is 4.98 Å². The van der Waals surface area contributed by atoms with E-state index in [0.717, 1.165) is 28.6 Å². The third kappa shape index (κ3) is 5.98. The first-order valence-corrected chi connectivity index (χ1v) is 12.7. The summed E-state index contributed by atoms with van der Waals surface area (Å²) in [7, 11) is -4.01. The number of halogens is 2. The smallest absolute Gasteiger partial charge is 0.265 e. The van der Waals surface area contributed by atoms with Gasteiger partial charge in [0.05, 0.1) is 12.2 Å². The number of rotatable bonds is 6. The largest absolute Gasteiger partial charge is 0.369 e. The summed E-state index contributed by atoms with van der Waals surface area (Å²) in [5.74, 6) is -0.297. The van der Waals surface area contributed by atoms with Crippen molar-refractivity contribution in [3.8, 4) is 28.5 Å². The van der Waals surface area contributed by atoms with Crippen LogP contribution in [0.3, 0.4) is 0 Å². The lowest BCUT2D eigenvalue weighted by atomic mass is 9.98. The van der Waals surface area contributed by atoms with Crippen LogP contribution in [0.5, 0.6) is 0 Å². The van der Waals surface area contributed by atoms with Crippen LogP contribution in [0.15, 0.2) is 89.0 Å². The molecule has 2 aromatic carbocycles. The number of benzene rings is 2. The molecule has 0 spiro atoms. The van der Waals surface area contributed by atoms with Crippen molar-refractivity contribution in [3.63, 3.8) is 0 Å². The Kier molecular flexibility index (Phi) is 7.50. The highest BCUT2D eigenvalue weighted by atomic mass is 35.5. The lowest BCUT2D eigenvalue weighted by molar-refractivity contribution is 0.591. The van der Waals surface area contributed by atoms with E-state index in [4.69, 9.17) is 34.2 Å². The molecule has 0 saturated heterocycles. The fourth-order valence-electron chi connectivity index (χ4n) is 3.29. The number of hydrogen-bond donors (Lipinski definition) is 2. The van der Waals surface area contributed by atoms with Crippen molar-refractivity contribution >= 4 is 39.2 Å². The van der Waals surface area contributed by atoms with Crippen LogP contribution < -0.4 is 10.5 Å². The number of guanidine groups is 1. The van der Waals surface area contributed by atoms with Crippen molar-refractivity contribution in [3.05, 3.63) is 100 Å². The minimum atomic E-state index is -4.01. The molecule has 4 aromatic rings. The van der Waals surface area contributed by atoms with Crippen LogP contribution in [0.1, 0.15) is 11.3 Å². The van der Waals surface area contributed by atoms with Crippen molar-refractivity contribution < 1.29 is 8.42 Å². The standard InChI is InChI=1S/C25H18Cl2N6O2S/c26-19-5-1-17(2-6-19)23-11-16(13-31-24(23)18-3-7-20(27)8-4-18)14-32-25(29)33-36(34,35)22-10-9-21(12-28)30-15-22/h1-11,13,15H,14H2,(H3,29,32,33). The van der Waals surface area contributed by atoms with Gasteiger partial charge in [-0.1, -0.05) is 47.5 Å². The first kappa shape index (κ1) is 25.1. The van der Waals surface area contributed by atoms with Gasteiger partial charge in [0.15, 0.2) is 0 Å². The Morgan fingerprint density at radius 2 is 1.58 bits per heavy atom. The average Bonchev–Trinajstić information content (AvgIpc) is 2.88. The fraction of sp³-hybridized carbons (Fsp3) is 0.0400. The zero-order chi connectivity index (χ0) is 25.7. The zero-order valence-corrected chi connectivity index (χ0v) is 20.9. The van der Waals surface area contributed by atoms with Gasteiger partial charge < -0.3 is 5.73 Å². The zero-order valence-electron chi connectivity index (χ0n) is 18.6. The summed E-state index contributed by atoms with van der Waals surface area (Å²) in [6.07, 6.45) is 2.73. The second kappa shape index (κ2) is 10.7. The monoisotopic (exact) mass is 536 g/mol. The molecular weight excluding hydrogens is 519 g/mol. The topological polar surface area (TPSA) is 134 Å². The summed E-state index contributed by atoms with van der Waals surface area (Å²) < 4.78 is 27.2. The van der Waals surface area contributed by atoms with E-state index in [0.29, 0.717) is 15.6 Å². The van der Waals surface area contributed by atoms with Gasteiger partial charge in [-0.05, 0) is 53.6 Å². The normalized spacial score (nSPS) is 11.6. The van der Waals surface area contributed by atoms with Gasteiger partial charge in [0.2, 0.25) is 5.96 Å². The molecule has 0 aliphatic rings. The summed E-state index contributed by atoms with van der Waals surface area (Å²) in [5, 5.41) is 10.0. The van der Waals surface area contributed by atoms with E-state index >= 15 is 0 Å². The third-order valence-electron chi connectivity index (χ3n) is 5.05. The Hall–Kier alpha value is -3.97. The maximum absolute atomic E-state index is 12.5. The molecule has 3 N–H and O–H groups in total. The molecule has 180 valence electrons. The van der Waals surface area contributed by atoms with E-state index in [1.165, 1.54) is 12.1 Å². The summed E-state index contributed by atoms with van der Waals surface area (Å²) in [6.45, 7) is 0.0778. The minimum Gasteiger partial charge on any atom is -0.369 e. The second-order valence-corrected chi connectivity index (χ2v) is 10.1. The van der Waals surface area contributed by atoms with Crippen molar-refractivity contribution in [2.45, 2.75) is 11.4 Å². The Labute approximate surface area is 218 Å². The Morgan fingerprint density at radius 3 is 2.17 bits per heavy atom. The third-order valence-corrected chi connectivity index (χ3v) is 6.89. The van der Waals surface area contributed by atoms with Gasteiger partial charge >= 0.3 is 0 Å². The summed E-state index contributed by atoms with van der Waals surface area (Å²) in [5.41, 5.74) is 10.00. The molecule has 0 radical (unpaired) electrons. The Balaban J connectivity index is 1.60. The molecule has 8 nitrogen and oxygen atoms in total. The molecule has 0 aliphatic carbocycles. The number of nitriles is 1. The first-order chi connectivity index (χ1) is 17.2.